The molecule has 0 bridgehead atoms. The standard InChI is InChI=1S/C32H60NO10P/c1-3-5-7-9-11-13-14-15-16-18-19-21-23-30(34)40-25-28(26-41-44(38,39)42-27-29(33)32(36)37)43-31(35)24-22-20-17-12-10-8-6-4-2/h11,13,28-29H,3-10,12,14-27,33H2,1-2H3,(H,36,37)(H,38,39)/b13-11+/t28-,29+/m0/s1. The smallest absolute Gasteiger partial charge is 0.472 e. The molecule has 0 aromatic rings. The third-order valence-electron chi connectivity index (χ3n) is 7.01. The van der Waals surface area contributed by atoms with Gasteiger partial charge in [0.05, 0.1) is 13.2 Å². The first-order valence-corrected chi connectivity index (χ1v) is 18.2. The summed E-state index contributed by atoms with van der Waals surface area (Å²) in [5.74, 6) is -2.40. The van der Waals surface area contributed by atoms with E-state index >= 15 is 0 Å². The molecule has 44 heavy (non-hydrogen) atoms. The van der Waals surface area contributed by atoms with Gasteiger partial charge in [-0.3, -0.25) is 23.4 Å². The number of phosphoric ester groups is 1. The predicted octanol–water partition coefficient (Wildman–Crippen LogP) is 7.38. The molecule has 0 aliphatic rings. The van der Waals surface area contributed by atoms with E-state index in [2.05, 4.69) is 30.5 Å². The van der Waals surface area contributed by atoms with Crippen molar-refractivity contribution in [2.45, 2.75) is 154 Å². The van der Waals surface area contributed by atoms with E-state index in [9.17, 15) is 23.8 Å². The number of hydrogen-bond donors (Lipinski definition) is 3. The number of hydrogen-bond acceptors (Lipinski definition) is 9. The van der Waals surface area contributed by atoms with Crippen LogP contribution in [0.15, 0.2) is 12.2 Å². The minimum atomic E-state index is -4.69. The first kappa shape index (κ1) is 42.2. The van der Waals surface area contributed by atoms with Crippen LogP contribution in [0, 0.1) is 0 Å². The van der Waals surface area contributed by atoms with E-state index in [1.165, 1.54) is 44.9 Å². The zero-order valence-corrected chi connectivity index (χ0v) is 28.2. The molecule has 12 heteroatoms. The van der Waals surface area contributed by atoms with Gasteiger partial charge in [-0.2, -0.15) is 0 Å². The molecular weight excluding hydrogens is 589 g/mol. The second-order valence-corrected chi connectivity index (χ2v) is 12.8. The van der Waals surface area contributed by atoms with Crippen molar-refractivity contribution in [2.75, 3.05) is 19.8 Å². The number of phosphoric acid groups is 1. The van der Waals surface area contributed by atoms with E-state index < -0.39 is 51.1 Å². The summed E-state index contributed by atoms with van der Waals surface area (Å²) < 4.78 is 32.3. The molecule has 1 unspecified atom stereocenters. The number of carbonyl (C=O) groups is 3. The van der Waals surface area contributed by atoms with Gasteiger partial charge in [-0.25, -0.2) is 4.57 Å². The van der Waals surface area contributed by atoms with Crippen LogP contribution >= 0.6 is 7.82 Å². The minimum absolute atomic E-state index is 0.162. The van der Waals surface area contributed by atoms with Crippen molar-refractivity contribution >= 4 is 25.7 Å². The highest BCUT2D eigenvalue weighted by molar-refractivity contribution is 7.47. The molecule has 4 N–H and O–H groups in total. The van der Waals surface area contributed by atoms with E-state index in [4.69, 9.17) is 24.8 Å². The van der Waals surface area contributed by atoms with E-state index in [0.717, 1.165) is 57.8 Å². The molecule has 3 atom stereocenters. The van der Waals surface area contributed by atoms with Gasteiger partial charge < -0.3 is 25.2 Å². The number of unbranched alkanes of at least 4 members (excludes halogenated alkanes) is 15. The molecule has 0 radical (unpaired) electrons. The van der Waals surface area contributed by atoms with Crippen LogP contribution in [0.2, 0.25) is 0 Å². The molecule has 258 valence electrons. The lowest BCUT2D eigenvalue weighted by Gasteiger charge is -2.20. The van der Waals surface area contributed by atoms with Gasteiger partial charge in [0, 0.05) is 12.8 Å². The number of esters is 2. The highest BCUT2D eigenvalue weighted by Crippen LogP contribution is 2.43. The molecule has 0 aromatic heterocycles. The second-order valence-electron chi connectivity index (χ2n) is 11.3. The summed E-state index contributed by atoms with van der Waals surface area (Å²) in [7, 11) is -4.69. The summed E-state index contributed by atoms with van der Waals surface area (Å²) in [5, 5.41) is 8.81. The van der Waals surface area contributed by atoms with Crippen LogP contribution in [0.1, 0.15) is 142 Å². The van der Waals surface area contributed by atoms with Gasteiger partial charge in [0.2, 0.25) is 0 Å². The first-order chi connectivity index (χ1) is 21.1. The quantitative estimate of drug-likeness (QED) is 0.0296. The summed E-state index contributed by atoms with van der Waals surface area (Å²) in [6, 6.07) is -1.52. The number of carbonyl (C=O) groups excluding carboxylic acids is 2. The van der Waals surface area contributed by atoms with Crippen molar-refractivity contribution in [2.24, 2.45) is 5.73 Å². The maximum atomic E-state index is 12.4. The zero-order chi connectivity index (χ0) is 32.9. The summed E-state index contributed by atoms with van der Waals surface area (Å²) in [5.41, 5.74) is 5.29. The van der Waals surface area contributed by atoms with Crippen LogP contribution in [-0.2, 0) is 37.5 Å². The normalized spacial score (nSPS) is 14.3. The van der Waals surface area contributed by atoms with Gasteiger partial charge >= 0.3 is 25.7 Å². The minimum Gasteiger partial charge on any atom is -0.480 e. The summed E-state index contributed by atoms with van der Waals surface area (Å²) in [6.45, 7) is 2.69. The maximum Gasteiger partial charge on any atom is 0.472 e. The van der Waals surface area contributed by atoms with Crippen LogP contribution in [0.4, 0.5) is 0 Å². The van der Waals surface area contributed by atoms with E-state index in [0.29, 0.717) is 12.8 Å². The van der Waals surface area contributed by atoms with Crippen LogP contribution in [0.3, 0.4) is 0 Å². The van der Waals surface area contributed by atoms with Crippen LogP contribution < -0.4 is 5.73 Å². The van der Waals surface area contributed by atoms with Crippen molar-refractivity contribution in [1.29, 1.82) is 0 Å². The first-order valence-electron chi connectivity index (χ1n) is 16.7. The Morgan fingerprint density at radius 3 is 1.70 bits per heavy atom. The van der Waals surface area contributed by atoms with Gasteiger partial charge in [0.25, 0.3) is 0 Å². The largest absolute Gasteiger partial charge is 0.480 e. The highest BCUT2D eigenvalue weighted by Gasteiger charge is 2.28. The monoisotopic (exact) mass is 649 g/mol. The molecule has 0 heterocycles. The lowest BCUT2D eigenvalue weighted by molar-refractivity contribution is -0.161. The van der Waals surface area contributed by atoms with Gasteiger partial charge in [0.15, 0.2) is 6.10 Å². The van der Waals surface area contributed by atoms with Gasteiger partial charge in [-0.15, -0.1) is 0 Å². The Kier molecular flexibility index (Phi) is 27.5. The number of allylic oxidation sites excluding steroid dienone is 2. The van der Waals surface area contributed by atoms with E-state index in [1.54, 1.807) is 0 Å². The fourth-order valence-corrected chi connectivity index (χ4v) is 5.07. The Labute approximate surface area is 265 Å². The van der Waals surface area contributed by atoms with Gasteiger partial charge in [-0.1, -0.05) is 103 Å². The Hall–Kier alpha value is -1.78. The predicted molar refractivity (Wildman–Crippen MR) is 171 cm³/mol. The van der Waals surface area contributed by atoms with Crippen molar-refractivity contribution in [3.63, 3.8) is 0 Å². The number of carboxylic acid groups (broad SMARTS) is 1. The number of aliphatic carboxylic acids is 1. The molecule has 0 aliphatic heterocycles. The summed E-state index contributed by atoms with van der Waals surface area (Å²) >= 11 is 0. The average molecular weight is 650 g/mol. The molecular formula is C32H60NO10P. The number of rotatable bonds is 31. The summed E-state index contributed by atoms with van der Waals surface area (Å²) in [4.78, 5) is 45.4. The average Bonchev–Trinajstić information content (AvgIpc) is 2.99. The van der Waals surface area contributed by atoms with Crippen LogP contribution in [0.25, 0.3) is 0 Å². The topological polar surface area (TPSA) is 172 Å². The lowest BCUT2D eigenvalue weighted by atomic mass is 10.1. The molecule has 0 fully saturated rings. The Balaban J connectivity index is 4.50. The maximum absolute atomic E-state index is 12.4. The number of carboxylic acids is 1. The third-order valence-corrected chi connectivity index (χ3v) is 7.96. The molecule has 0 rings (SSSR count). The summed E-state index contributed by atoms with van der Waals surface area (Å²) in [6.07, 6.45) is 23.1. The zero-order valence-electron chi connectivity index (χ0n) is 27.3. The third kappa shape index (κ3) is 27.7. The molecule has 0 aliphatic carbocycles. The van der Waals surface area contributed by atoms with Crippen molar-refractivity contribution in [3.8, 4) is 0 Å². The molecule has 0 saturated carbocycles. The Morgan fingerprint density at radius 1 is 0.682 bits per heavy atom. The van der Waals surface area contributed by atoms with Gasteiger partial charge in [-0.05, 0) is 38.5 Å². The lowest BCUT2D eigenvalue weighted by Crippen LogP contribution is -2.34. The molecule has 0 spiro atoms. The molecule has 11 nitrogen and oxygen atoms in total. The highest BCUT2D eigenvalue weighted by atomic mass is 31.2. The van der Waals surface area contributed by atoms with Gasteiger partial charge in [0.1, 0.15) is 12.6 Å². The molecule has 0 aromatic carbocycles. The Morgan fingerprint density at radius 2 is 1.14 bits per heavy atom. The fourth-order valence-electron chi connectivity index (χ4n) is 4.29. The SMILES string of the molecule is CCCCC/C=C/CCCCCCCC(=O)OC[C@@H](COP(=O)(O)OC[C@@H](N)C(=O)O)OC(=O)CCCCCCCCCC. The number of nitrogens with two attached hydrogens (primary N) is 1. The molecule has 0 saturated heterocycles. The van der Waals surface area contributed by atoms with Crippen molar-refractivity contribution in [1.82, 2.24) is 0 Å². The molecule has 0 amide bonds. The Bertz CT molecular complexity index is 823. The second kappa shape index (κ2) is 28.7. The van der Waals surface area contributed by atoms with Crippen molar-refractivity contribution in [3.05, 3.63) is 12.2 Å². The van der Waals surface area contributed by atoms with Crippen LogP contribution in [0.5, 0.6) is 0 Å². The fraction of sp³-hybridized carbons (Fsp3) is 0.844. The van der Waals surface area contributed by atoms with Crippen molar-refractivity contribution < 1.29 is 47.5 Å². The number of ether oxygens (including phenoxy) is 2. The van der Waals surface area contributed by atoms with E-state index in [1.807, 2.05) is 0 Å². The van der Waals surface area contributed by atoms with E-state index in [-0.39, 0.29) is 19.4 Å². The van der Waals surface area contributed by atoms with Crippen LogP contribution in [-0.4, -0.2) is 59.9 Å².